The fourth-order valence-corrected chi connectivity index (χ4v) is 3.95. The van der Waals surface area contributed by atoms with Gasteiger partial charge in [-0.15, -0.1) is 0 Å². The van der Waals surface area contributed by atoms with Crippen LogP contribution in [0.3, 0.4) is 0 Å². The number of benzene rings is 1. The third-order valence-corrected chi connectivity index (χ3v) is 4.89. The maximum absolute atomic E-state index is 9.96. The van der Waals surface area contributed by atoms with E-state index >= 15 is 0 Å². The predicted octanol–water partition coefficient (Wildman–Crippen LogP) is 2.48. The van der Waals surface area contributed by atoms with Crippen LogP contribution in [0.5, 0.6) is 5.75 Å². The Bertz CT molecular complexity index is 465. The first-order valence-corrected chi connectivity index (χ1v) is 7.49. The molecule has 104 valence electrons. The summed E-state index contributed by atoms with van der Waals surface area (Å²) in [5.41, 5.74) is 0.943. The molecule has 0 bridgehead atoms. The molecule has 2 saturated heterocycles. The molecule has 4 heteroatoms. The summed E-state index contributed by atoms with van der Waals surface area (Å²) in [5, 5.41) is 14.2. The third kappa shape index (κ3) is 2.47. The van der Waals surface area contributed by atoms with E-state index in [9.17, 15) is 5.11 Å². The molecule has 0 spiro atoms. The first kappa shape index (κ1) is 13.2. The van der Waals surface area contributed by atoms with Crippen molar-refractivity contribution in [3.05, 3.63) is 28.8 Å². The molecule has 2 fully saturated rings. The molecule has 0 saturated carbocycles. The van der Waals surface area contributed by atoms with E-state index in [2.05, 4.69) is 17.1 Å². The van der Waals surface area contributed by atoms with Crippen LogP contribution in [0.4, 0.5) is 0 Å². The maximum atomic E-state index is 9.96. The van der Waals surface area contributed by atoms with Gasteiger partial charge in [0.1, 0.15) is 5.75 Å². The Balaban J connectivity index is 1.77. The van der Waals surface area contributed by atoms with Gasteiger partial charge in [-0.3, -0.25) is 4.90 Å². The molecule has 2 heterocycles. The highest BCUT2D eigenvalue weighted by Crippen LogP contribution is 2.36. The van der Waals surface area contributed by atoms with Crippen LogP contribution < -0.4 is 5.32 Å². The zero-order valence-corrected chi connectivity index (χ0v) is 12.0. The van der Waals surface area contributed by atoms with Gasteiger partial charge >= 0.3 is 0 Å². The highest BCUT2D eigenvalue weighted by Gasteiger charge is 2.42. The molecule has 0 amide bonds. The van der Waals surface area contributed by atoms with E-state index in [1.807, 2.05) is 6.07 Å². The van der Waals surface area contributed by atoms with E-state index in [0.29, 0.717) is 16.8 Å². The Hall–Kier alpha value is -0.770. The predicted molar refractivity (Wildman–Crippen MR) is 77.5 cm³/mol. The monoisotopic (exact) mass is 280 g/mol. The highest BCUT2D eigenvalue weighted by molar-refractivity contribution is 6.30. The summed E-state index contributed by atoms with van der Waals surface area (Å²) in [4.78, 5) is 2.52. The highest BCUT2D eigenvalue weighted by atomic mass is 35.5. The van der Waals surface area contributed by atoms with Crippen LogP contribution >= 0.6 is 11.6 Å². The lowest BCUT2D eigenvalue weighted by Gasteiger charge is -2.27. The van der Waals surface area contributed by atoms with Crippen LogP contribution in [0, 0.1) is 11.8 Å². The van der Waals surface area contributed by atoms with Crippen LogP contribution in [0.1, 0.15) is 18.9 Å². The van der Waals surface area contributed by atoms with Crippen molar-refractivity contribution < 1.29 is 5.11 Å². The summed E-state index contributed by atoms with van der Waals surface area (Å²) in [5.74, 6) is 1.90. The van der Waals surface area contributed by atoms with Crippen molar-refractivity contribution in [2.75, 3.05) is 19.6 Å². The molecule has 3 unspecified atom stereocenters. The number of aromatic hydroxyl groups is 1. The van der Waals surface area contributed by atoms with Gasteiger partial charge in [0.25, 0.3) is 0 Å². The van der Waals surface area contributed by atoms with E-state index < -0.39 is 0 Å². The second-order valence-corrected chi connectivity index (χ2v) is 6.20. The molecular weight excluding hydrogens is 260 g/mol. The molecule has 3 nitrogen and oxygen atoms in total. The van der Waals surface area contributed by atoms with Gasteiger partial charge in [0, 0.05) is 29.7 Å². The van der Waals surface area contributed by atoms with Crippen LogP contribution in [0.15, 0.2) is 18.2 Å². The Kier molecular flexibility index (Phi) is 3.70. The number of phenolic OH excluding ortho intramolecular Hbond substituents is 1. The van der Waals surface area contributed by atoms with E-state index in [0.717, 1.165) is 43.6 Å². The lowest BCUT2D eigenvalue weighted by atomic mass is 9.93. The summed E-state index contributed by atoms with van der Waals surface area (Å²) >= 11 is 6.03. The van der Waals surface area contributed by atoms with Crippen LogP contribution in [-0.2, 0) is 6.54 Å². The fourth-order valence-electron chi connectivity index (χ4n) is 3.75. The van der Waals surface area contributed by atoms with Crippen molar-refractivity contribution in [2.45, 2.75) is 25.9 Å². The maximum Gasteiger partial charge on any atom is 0.120 e. The second-order valence-electron chi connectivity index (χ2n) is 5.76. The average Bonchev–Trinajstić information content (AvgIpc) is 2.94. The molecule has 3 atom stereocenters. The molecule has 2 aliphatic rings. The molecule has 1 aromatic rings. The molecule has 19 heavy (non-hydrogen) atoms. The summed E-state index contributed by atoms with van der Waals surface area (Å²) in [6.07, 6.45) is 1.17. The molecule has 3 rings (SSSR count). The van der Waals surface area contributed by atoms with Crippen molar-refractivity contribution in [3.8, 4) is 5.75 Å². The average molecular weight is 281 g/mol. The number of hydrogen-bond acceptors (Lipinski definition) is 3. The molecule has 2 aliphatic heterocycles. The quantitative estimate of drug-likeness (QED) is 0.893. The van der Waals surface area contributed by atoms with Crippen molar-refractivity contribution >= 4 is 11.6 Å². The molecule has 2 N–H and O–H groups in total. The van der Waals surface area contributed by atoms with Crippen molar-refractivity contribution in [1.82, 2.24) is 10.2 Å². The normalized spacial score (nSPS) is 30.7. The summed E-state index contributed by atoms with van der Waals surface area (Å²) in [6.45, 7) is 6.47. The Labute approximate surface area is 119 Å². The van der Waals surface area contributed by atoms with Gasteiger partial charge in [-0.05, 0) is 49.5 Å². The van der Waals surface area contributed by atoms with Gasteiger partial charge in [-0.2, -0.15) is 0 Å². The number of rotatable bonds is 3. The number of nitrogens with zero attached hydrogens (tertiary/aromatic N) is 1. The van der Waals surface area contributed by atoms with Gasteiger partial charge in [-0.25, -0.2) is 0 Å². The van der Waals surface area contributed by atoms with Gasteiger partial charge in [0.05, 0.1) is 0 Å². The molecule has 0 radical (unpaired) electrons. The molecule has 0 aliphatic carbocycles. The molecular formula is C15H21ClN2O. The SMILES string of the molecule is CCC1C2CNCC2CN1Cc1cc(Cl)ccc1O. The first-order chi connectivity index (χ1) is 9.19. The minimum absolute atomic E-state index is 0.356. The standard InChI is InChI=1S/C15H21ClN2O/c1-2-14-13-7-17-6-11(13)9-18(14)8-10-5-12(16)3-4-15(10)19/h3-5,11,13-14,17,19H,2,6-9H2,1H3. The molecule has 0 aromatic heterocycles. The lowest BCUT2D eigenvalue weighted by Crippen LogP contribution is -2.34. The first-order valence-electron chi connectivity index (χ1n) is 7.11. The largest absolute Gasteiger partial charge is 0.508 e. The molecule has 1 aromatic carbocycles. The minimum Gasteiger partial charge on any atom is -0.508 e. The smallest absolute Gasteiger partial charge is 0.120 e. The van der Waals surface area contributed by atoms with Crippen LogP contribution in [-0.4, -0.2) is 35.7 Å². The Morgan fingerprint density at radius 3 is 3.05 bits per heavy atom. The van der Waals surface area contributed by atoms with Crippen molar-refractivity contribution in [1.29, 1.82) is 0 Å². The summed E-state index contributed by atoms with van der Waals surface area (Å²) in [6, 6.07) is 5.94. The van der Waals surface area contributed by atoms with E-state index in [-0.39, 0.29) is 0 Å². The van der Waals surface area contributed by atoms with Gasteiger partial charge in [0.15, 0.2) is 0 Å². The number of fused-ring (bicyclic) bond motifs is 1. The lowest BCUT2D eigenvalue weighted by molar-refractivity contribution is 0.208. The Morgan fingerprint density at radius 2 is 2.26 bits per heavy atom. The number of halogens is 1. The van der Waals surface area contributed by atoms with Gasteiger partial charge in [-0.1, -0.05) is 18.5 Å². The summed E-state index contributed by atoms with van der Waals surface area (Å²) in [7, 11) is 0. The van der Waals surface area contributed by atoms with Crippen molar-refractivity contribution in [2.24, 2.45) is 11.8 Å². The summed E-state index contributed by atoms with van der Waals surface area (Å²) < 4.78 is 0. The zero-order valence-electron chi connectivity index (χ0n) is 11.3. The number of nitrogens with one attached hydrogen (secondary N) is 1. The van der Waals surface area contributed by atoms with Crippen LogP contribution in [0.25, 0.3) is 0 Å². The second kappa shape index (κ2) is 5.31. The van der Waals surface area contributed by atoms with Crippen molar-refractivity contribution in [3.63, 3.8) is 0 Å². The third-order valence-electron chi connectivity index (χ3n) is 4.66. The zero-order chi connectivity index (χ0) is 13.4. The fraction of sp³-hybridized carbons (Fsp3) is 0.600. The van der Waals surface area contributed by atoms with E-state index in [1.54, 1.807) is 12.1 Å². The van der Waals surface area contributed by atoms with E-state index in [1.165, 1.54) is 6.42 Å². The topological polar surface area (TPSA) is 35.5 Å². The van der Waals surface area contributed by atoms with Crippen LogP contribution in [0.2, 0.25) is 5.02 Å². The Morgan fingerprint density at radius 1 is 1.42 bits per heavy atom. The number of likely N-dealkylation sites (tertiary alicyclic amines) is 1. The van der Waals surface area contributed by atoms with E-state index in [4.69, 9.17) is 11.6 Å². The van der Waals surface area contributed by atoms with Gasteiger partial charge < -0.3 is 10.4 Å². The minimum atomic E-state index is 0.356. The number of phenols is 1. The number of hydrogen-bond donors (Lipinski definition) is 2. The van der Waals surface area contributed by atoms with Gasteiger partial charge in [0.2, 0.25) is 0 Å².